The van der Waals surface area contributed by atoms with Crippen molar-refractivity contribution in [2.75, 3.05) is 41.7 Å². The second-order valence-corrected chi connectivity index (χ2v) is 14.0. The molecule has 0 spiro atoms. The van der Waals surface area contributed by atoms with Crippen LogP contribution in [0.3, 0.4) is 0 Å². The molecule has 218 valence electrons. The zero-order valence-corrected chi connectivity index (χ0v) is 26.2. The molecule has 5 N–H and O–H groups in total. The molecule has 39 heavy (non-hydrogen) atoms. The van der Waals surface area contributed by atoms with E-state index >= 15 is 0 Å². The molecule has 2 saturated carbocycles. The van der Waals surface area contributed by atoms with Crippen molar-refractivity contribution >= 4 is 69.6 Å². The van der Waals surface area contributed by atoms with Crippen molar-refractivity contribution in [1.82, 2.24) is 15.3 Å². The number of sulfonamides is 2. The first-order valence-electron chi connectivity index (χ1n) is 11.7. The number of nitrogens with zero attached hydrogens (tertiary/aromatic N) is 2. The van der Waals surface area contributed by atoms with E-state index in [-0.39, 0.29) is 24.1 Å². The second kappa shape index (κ2) is 15.7. The van der Waals surface area contributed by atoms with Crippen molar-refractivity contribution in [3.8, 4) is 11.8 Å². The molecule has 0 saturated heterocycles. The number of carbonyl (C=O) groups excluding carboxylic acids is 1. The summed E-state index contributed by atoms with van der Waals surface area (Å²) >= 11 is 6.40. The van der Waals surface area contributed by atoms with Gasteiger partial charge in [-0.15, -0.1) is 0 Å². The number of nitrogens with one attached hydrogen (secondary N) is 3. The lowest BCUT2D eigenvalue weighted by atomic mass is 10.4. The molecule has 0 aromatic carbocycles. The lowest BCUT2D eigenvalue weighted by molar-refractivity contribution is -0.109. The van der Waals surface area contributed by atoms with E-state index in [2.05, 4.69) is 56.6 Å². The van der Waals surface area contributed by atoms with Crippen LogP contribution in [0.25, 0.3) is 0 Å². The predicted octanol–water partition coefficient (Wildman–Crippen LogP) is 2.25. The van der Waals surface area contributed by atoms with E-state index in [0.29, 0.717) is 39.6 Å². The van der Waals surface area contributed by atoms with E-state index in [9.17, 15) is 21.6 Å². The van der Waals surface area contributed by atoms with Crippen LogP contribution >= 0.6 is 31.9 Å². The number of halogens is 2. The molecule has 0 atom stereocenters. The average molecular weight is 716 g/mol. The van der Waals surface area contributed by atoms with Gasteiger partial charge in [-0.1, -0.05) is 0 Å². The smallest absolute Gasteiger partial charge is 0.238 e. The van der Waals surface area contributed by atoms with Crippen molar-refractivity contribution in [3.05, 3.63) is 33.5 Å². The van der Waals surface area contributed by atoms with Gasteiger partial charge in [-0.2, -0.15) is 0 Å². The van der Waals surface area contributed by atoms with Gasteiger partial charge >= 0.3 is 0 Å². The first-order valence-corrected chi connectivity index (χ1v) is 17.1. The second-order valence-electron chi connectivity index (χ2n) is 8.65. The predicted molar refractivity (Wildman–Crippen MR) is 156 cm³/mol. The highest BCUT2D eigenvalue weighted by Gasteiger charge is 2.20. The maximum atomic E-state index is 11.3. The Labute approximate surface area is 245 Å². The molecule has 0 amide bonds. The van der Waals surface area contributed by atoms with E-state index in [1.165, 1.54) is 37.9 Å². The van der Waals surface area contributed by atoms with Gasteiger partial charge in [0, 0.05) is 40.0 Å². The van der Waals surface area contributed by atoms with Crippen molar-refractivity contribution in [2.24, 2.45) is 5.73 Å². The number of hydrogen-bond donors (Lipinski definition) is 4. The first-order chi connectivity index (χ1) is 18.3. The zero-order chi connectivity index (χ0) is 29.1. The topological polar surface area (TPSA) is 192 Å². The third-order valence-corrected chi connectivity index (χ3v) is 6.54. The lowest BCUT2D eigenvalue weighted by Gasteiger charge is -2.11. The minimum absolute atomic E-state index is 0.0562. The van der Waals surface area contributed by atoms with E-state index < -0.39 is 20.0 Å². The van der Waals surface area contributed by atoms with E-state index in [4.69, 9.17) is 15.2 Å². The molecule has 17 heteroatoms. The SMILES string of the molecule is CS(=O)(=O)Nc1cc(Br)cnc1OCC=O.CS(=O)(=O)Nc1cc(Br)cnc1OCCNC1CC1.NC1CC1. The lowest BCUT2D eigenvalue weighted by Crippen LogP contribution is -2.23. The highest BCUT2D eigenvalue weighted by Crippen LogP contribution is 2.27. The van der Waals surface area contributed by atoms with Crippen LogP contribution < -0.4 is 30.0 Å². The summed E-state index contributed by atoms with van der Waals surface area (Å²) in [6.45, 7) is 0.984. The Morgan fingerprint density at radius 2 is 1.38 bits per heavy atom. The van der Waals surface area contributed by atoms with Gasteiger partial charge in [0.2, 0.25) is 31.8 Å². The fraction of sp³-hybridized carbons (Fsp3) is 0.500. The standard InChI is InChI=1S/C11H16BrN3O3S.C8H9BrN2O4S.C3H7N/c1-19(16,17)15-10-6-8(12)7-14-11(10)18-5-4-13-9-2-3-9;1-16(13,14)11-7-4-6(9)5-10-8(7)15-3-2-12;4-3-1-2-3/h6-7,9,13,15H,2-5H2,1H3;2,4-5,11H,3H2,1H3;3H,1-2,4H2. The minimum Gasteiger partial charge on any atom is -0.475 e. The Morgan fingerprint density at radius 3 is 1.77 bits per heavy atom. The first kappa shape index (κ1) is 33.2. The maximum absolute atomic E-state index is 11.3. The minimum atomic E-state index is -3.42. The Bertz CT molecular complexity index is 1310. The summed E-state index contributed by atoms with van der Waals surface area (Å²) in [7, 11) is -6.78. The number of aromatic nitrogens is 2. The van der Waals surface area contributed by atoms with Gasteiger partial charge < -0.3 is 20.5 Å². The third kappa shape index (κ3) is 16.0. The molecule has 2 heterocycles. The number of rotatable bonds is 12. The van der Waals surface area contributed by atoms with Gasteiger partial charge in [0.1, 0.15) is 24.6 Å². The van der Waals surface area contributed by atoms with Crippen LogP contribution in [0.15, 0.2) is 33.5 Å². The zero-order valence-electron chi connectivity index (χ0n) is 21.4. The Hall–Kier alpha value is -2.05. The fourth-order valence-electron chi connectivity index (χ4n) is 2.54. The van der Waals surface area contributed by atoms with E-state index in [0.717, 1.165) is 19.1 Å². The Balaban J connectivity index is 0.000000241. The fourth-order valence-corrected chi connectivity index (χ4v) is 4.29. The molecule has 2 aromatic heterocycles. The van der Waals surface area contributed by atoms with Gasteiger partial charge in [0.15, 0.2) is 6.29 Å². The molecule has 2 fully saturated rings. The van der Waals surface area contributed by atoms with Crippen molar-refractivity contribution in [2.45, 2.75) is 37.8 Å². The van der Waals surface area contributed by atoms with Crippen LogP contribution in [-0.2, 0) is 24.8 Å². The molecule has 0 unspecified atom stereocenters. The molecule has 2 aliphatic carbocycles. The van der Waals surface area contributed by atoms with Crippen molar-refractivity contribution < 1.29 is 31.1 Å². The number of anilines is 2. The number of nitrogens with two attached hydrogens (primary N) is 1. The van der Waals surface area contributed by atoms with Gasteiger partial charge in [0.25, 0.3) is 0 Å². The van der Waals surface area contributed by atoms with Crippen molar-refractivity contribution in [3.63, 3.8) is 0 Å². The summed E-state index contributed by atoms with van der Waals surface area (Å²) in [5.74, 6) is 0.340. The summed E-state index contributed by atoms with van der Waals surface area (Å²) in [6.07, 6.45) is 10.6. The molecule has 0 aliphatic heterocycles. The van der Waals surface area contributed by atoms with Crippen LogP contribution in [-0.4, -0.2) is 77.4 Å². The Kier molecular flexibility index (Phi) is 13.3. The monoisotopic (exact) mass is 714 g/mol. The molecule has 0 radical (unpaired) electrons. The largest absolute Gasteiger partial charge is 0.475 e. The molecular formula is C22H32Br2N6O7S2. The molecule has 2 aromatic rings. The van der Waals surface area contributed by atoms with Gasteiger partial charge in [-0.05, 0) is 69.7 Å². The van der Waals surface area contributed by atoms with Gasteiger partial charge in [-0.25, -0.2) is 26.8 Å². The number of ether oxygens (including phenoxy) is 2. The van der Waals surface area contributed by atoms with Gasteiger partial charge in [0.05, 0.1) is 12.5 Å². The Morgan fingerprint density at radius 1 is 0.923 bits per heavy atom. The third-order valence-electron chi connectivity index (χ3n) is 4.49. The van der Waals surface area contributed by atoms with Crippen molar-refractivity contribution in [1.29, 1.82) is 0 Å². The number of carbonyl (C=O) groups is 1. The highest BCUT2D eigenvalue weighted by atomic mass is 79.9. The van der Waals surface area contributed by atoms with Gasteiger partial charge in [-0.3, -0.25) is 14.2 Å². The summed E-state index contributed by atoms with van der Waals surface area (Å²) in [6, 6.07) is 4.32. The maximum Gasteiger partial charge on any atom is 0.238 e. The number of aldehydes is 1. The molecule has 13 nitrogen and oxygen atoms in total. The van der Waals surface area contributed by atoms with E-state index in [1.807, 2.05) is 0 Å². The normalized spacial score (nSPS) is 14.6. The van der Waals surface area contributed by atoms with Crippen LogP contribution in [0.4, 0.5) is 11.4 Å². The molecular weight excluding hydrogens is 684 g/mol. The summed E-state index contributed by atoms with van der Waals surface area (Å²) < 4.78 is 61.0. The molecule has 2 aliphatic rings. The van der Waals surface area contributed by atoms with Crippen LogP contribution in [0.5, 0.6) is 11.8 Å². The van der Waals surface area contributed by atoms with Crippen LogP contribution in [0, 0.1) is 0 Å². The summed E-state index contributed by atoms with van der Waals surface area (Å²) in [5.41, 5.74) is 5.74. The van der Waals surface area contributed by atoms with E-state index in [1.54, 1.807) is 12.3 Å². The summed E-state index contributed by atoms with van der Waals surface area (Å²) in [4.78, 5) is 18.1. The number of pyridine rings is 2. The average Bonchev–Trinajstić information content (AvgIpc) is 3.74. The molecule has 0 bridgehead atoms. The van der Waals surface area contributed by atoms with Crippen LogP contribution in [0.1, 0.15) is 25.7 Å². The van der Waals surface area contributed by atoms with Crippen LogP contribution in [0.2, 0.25) is 0 Å². The summed E-state index contributed by atoms with van der Waals surface area (Å²) in [5, 5.41) is 3.31. The molecule has 4 rings (SSSR count). The quantitative estimate of drug-likeness (QED) is 0.186. The number of hydrogen-bond acceptors (Lipinski definition) is 11. The highest BCUT2D eigenvalue weighted by molar-refractivity contribution is 9.10.